The Hall–Kier alpha value is -1.55. The molecule has 1 saturated carbocycles. The second-order valence-corrected chi connectivity index (χ2v) is 5.46. The lowest BCUT2D eigenvalue weighted by Crippen LogP contribution is -2.43. The number of amides is 1. The maximum Gasteiger partial charge on any atom is 0.258 e. The van der Waals surface area contributed by atoms with Gasteiger partial charge in [0, 0.05) is 6.54 Å². The van der Waals surface area contributed by atoms with Crippen molar-refractivity contribution in [2.24, 2.45) is 5.92 Å². The number of nitrogens with one attached hydrogen (secondary N) is 1. The zero-order valence-electron chi connectivity index (χ0n) is 11.5. The highest BCUT2D eigenvalue weighted by Crippen LogP contribution is 2.38. The van der Waals surface area contributed by atoms with Crippen LogP contribution < -0.4 is 10.1 Å². The fourth-order valence-corrected chi connectivity index (χ4v) is 2.04. The molecular formula is C15H21NO3. The van der Waals surface area contributed by atoms with Crippen molar-refractivity contribution in [2.45, 2.75) is 32.3 Å². The molecule has 0 aromatic heterocycles. The van der Waals surface area contributed by atoms with Gasteiger partial charge in [0.25, 0.3) is 5.91 Å². The zero-order chi connectivity index (χ0) is 13.9. The molecule has 0 bridgehead atoms. The van der Waals surface area contributed by atoms with E-state index in [4.69, 9.17) is 4.74 Å². The predicted octanol–water partition coefficient (Wildman–Crippen LogP) is 1.65. The summed E-state index contributed by atoms with van der Waals surface area (Å²) in [7, 11) is 0. The maximum absolute atomic E-state index is 11.7. The van der Waals surface area contributed by atoms with E-state index in [9.17, 15) is 9.90 Å². The van der Waals surface area contributed by atoms with Crippen LogP contribution in [0.3, 0.4) is 0 Å². The number of carbonyl (C=O) groups excluding carboxylic acids is 1. The Morgan fingerprint density at radius 2 is 2.16 bits per heavy atom. The molecule has 1 aromatic rings. The van der Waals surface area contributed by atoms with Crippen LogP contribution in [0.1, 0.15) is 25.3 Å². The Labute approximate surface area is 113 Å². The second-order valence-electron chi connectivity index (χ2n) is 5.46. The molecule has 1 fully saturated rings. The molecule has 0 spiro atoms. The first-order chi connectivity index (χ1) is 8.99. The number of aryl methyl sites for hydroxylation is 1. The summed E-state index contributed by atoms with van der Waals surface area (Å²) in [5.74, 6) is 0.834. The first-order valence-corrected chi connectivity index (χ1v) is 6.66. The van der Waals surface area contributed by atoms with E-state index in [2.05, 4.69) is 5.32 Å². The number of para-hydroxylation sites is 1. The number of hydrogen-bond donors (Lipinski definition) is 2. The van der Waals surface area contributed by atoms with Gasteiger partial charge in [0.15, 0.2) is 6.61 Å². The smallest absolute Gasteiger partial charge is 0.258 e. The summed E-state index contributed by atoms with van der Waals surface area (Å²) >= 11 is 0. The Morgan fingerprint density at radius 1 is 1.47 bits per heavy atom. The van der Waals surface area contributed by atoms with Crippen molar-refractivity contribution in [3.05, 3.63) is 29.8 Å². The summed E-state index contributed by atoms with van der Waals surface area (Å²) in [5.41, 5.74) is 0.207. The Morgan fingerprint density at radius 3 is 2.79 bits per heavy atom. The minimum absolute atomic E-state index is 0.0222. The van der Waals surface area contributed by atoms with Crippen molar-refractivity contribution in [2.75, 3.05) is 13.2 Å². The zero-order valence-corrected chi connectivity index (χ0v) is 11.5. The molecule has 0 radical (unpaired) electrons. The van der Waals surface area contributed by atoms with Crippen LogP contribution in [-0.4, -0.2) is 29.8 Å². The van der Waals surface area contributed by atoms with Crippen LogP contribution in [0, 0.1) is 12.8 Å². The molecule has 1 aliphatic rings. The minimum Gasteiger partial charge on any atom is -0.484 e. The van der Waals surface area contributed by atoms with Crippen LogP contribution in [0.4, 0.5) is 0 Å². The molecule has 0 unspecified atom stereocenters. The van der Waals surface area contributed by atoms with Gasteiger partial charge in [0.2, 0.25) is 0 Å². The largest absolute Gasteiger partial charge is 0.484 e. The predicted molar refractivity (Wildman–Crippen MR) is 73.0 cm³/mol. The number of ether oxygens (including phenoxy) is 1. The topological polar surface area (TPSA) is 58.6 Å². The van der Waals surface area contributed by atoms with E-state index < -0.39 is 5.60 Å². The van der Waals surface area contributed by atoms with Gasteiger partial charge in [-0.2, -0.15) is 0 Å². The highest BCUT2D eigenvalue weighted by atomic mass is 16.5. The standard InChI is InChI=1S/C15H21NO3/c1-11-5-3-4-6-13(11)19-9-14(17)16-10-15(2,18)12-7-8-12/h3-6,12,18H,7-10H2,1-2H3,(H,16,17)/t15-/m1/s1. The first-order valence-electron chi connectivity index (χ1n) is 6.66. The number of rotatable bonds is 6. The third kappa shape index (κ3) is 3.96. The van der Waals surface area contributed by atoms with Gasteiger partial charge in [-0.15, -0.1) is 0 Å². The number of carbonyl (C=O) groups is 1. The van der Waals surface area contributed by atoms with Crippen molar-refractivity contribution < 1.29 is 14.6 Å². The number of aliphatic hydroxyl groups is 1. The lowest BCUT2D eigenvalue weighted by molar-refractivity contribution is -0.124. The van der Waals surface area contributed by atoms with Gasteiger partial charge in [-0.3, -0.25) is 4.79 Å². The fraction of sp³-hybridized carbons (Fsp3) is 0.533. The average Bonchev–Trinajstić information content (AvgIpc) is 3.20. The molecule has 1 amide bonds. The van der Waals surface area contributed by atoms with Crippen LogP contribution in [0.5, 0.6) is 5.75 Å². The Bertz CT molecular complexity index is 452. The van der Waals surface area contributed by atoms with Crippen molar-refractivity contribution in [3.8, 4) is 5.75 Å². The molecule has 19 heavy (non-hydrogen) atoms. The molecule has 4 heteroatoms. The van der Waals surface area contributed by atoms with E-state index in [0.717, 1.165) is 18.4 Å². The van der Waals surface area contributed by atoms with E-state index in [1.165, 1.54) is 0 Å². The van der Waals surface area contributed by atoms with Crippen molar-refractivity contribution in [3.63, 3.8) is 0 Å². The van der Waals surface area contributed by atoms with Gasteiger partial charge in [-0.1, -0.05) is 18.2 Å². The fourth-order valence-electron chi connectivity index (χ4n) is 2.04. The van der Waals surface area contributed by atoms with E-state index in [0.29, 0.717) is 11.7 Å². The molecule has 104 valence electrons. The van der Waals surface area contributed by atoms with Gasteiger partial charge in [0.05, 0.1) is 5.60 Å². The summed E-state index contributed by atoms with van der Waals surface area (Å²) in [6, 6.07) is 7.57. The molecule has 4 nitrogen and oxygen atoms in total. The van der Waals surface area contributed by atoms with Gasteiger partial charge in [0.1, 0.15) is 5.75 Å². The van der Waals surface area contributed by atoms with Crippen LogP contribution in [0.25, 0.3) is 0 Å². The van der Waals surface area contributed by atoms with Crippen molar-refractivity contribution in [1.82, 2.24) is 5.32 Å². The minimum atomic E-state index is -0.793. The molecule has 1 aliphatic carbocycles. The molecule has 1 aromatic carbocycles. The monoisotopic (exact) mass is 263 g/mol. The summed E-state index contributed by atoms with van der Waals surface area (Å²) in [6.45, 7) is 3.97. The van der Waals surface area contributed by atoms with E-state index in [1.807, 2.05) is 31.2 Å². The van der Waals surface area contributed by atoms with Crippen LogP contribution in [0.15, 0.2) is 24.3 Å². The van der Waals surface area contributed by atoms with Crippen LogP contribution in [0.2, 0.25) is 0 Å². The summed E-state index contributed by atoms with van der Waals surface area (Å²) in [6.07, 6.45) is 2.09. The average molecular weight is 263 g/mol. The number of hydrogen-bond acceptors (Lipinski definition) is 3. The van der Waals surface area contributed by atoms with Crippen LogP contribution >= 0.6 is 0 Å². The first kappa shape index (κ1) is 13.9. The molecule has 1 atom stereocenters. The normalized spacial score (nSPS) is 17.6. The van der Waals surface area contributed by atoms with Crippen molar-refractivity contribution in [1.29, 1.82) is 0 Å². The maximum atomic E-state index is 11.7. The van der Waals surface area contributed by atoms with E-state index >= 15 is 0 Å². The highest BCUT2D eigenvalue weighted by molar-refractivity contribution is 5.77. The molecule has 0 saturated heterocycles. The molecule has 0 aliphatic heterocycles. The second kappa shape index (κ2) is 5.61. The highest BCUT2D eigenvalue weighted by Gasteiger charge is 2.39. The molecular weight excluding hydrogens is 242 g/mol. The summed E-state index contributed by atoms with van der Waals surface area (Å²) < 4.78 is 5.45. The lowest BCUT2D eigenvalue weighted by Gasteiger charge is -2.23. The van der Waals surface area contributed by atoms with Crippen LogP contribution in [-0.2, 0) is 4.79 Å². The molecule has 2 rings (SSSR count). The Balaban J connectivity index is 1.74. The quantitative estimate of drug-likeness (QED) is 0.820. The third-order valence-electron chi connectivity index (χ3n) is 3.55. The molecule has 0 heterocycles. The van der Waals surface area contributed by atoms with E-state index in [1.54, 1.807) is 6.92 Å². The van der Waals surface area contributed by atoms with E-state index in [-0.39, 0.29) is 19.1 Å². The van der Waals surface area contributed by atoms with Gasteiger partial charge in [-0.25, -0.2) is 0 Å². The van der Waals surface area contributed by atoms with Gasteiger partial charge >= 0.3 is 0 Å². The summed E-state index contributed by atoms with van der Waals surface area (Å²) in [4.78, 5) is 11.7. The summed E-state index contributed by atoms with van der Waals surface area (Å²) in [5, 5.41) is 12.8. The Kier molecular flexibility index (Phi) is 4.10. The van der Waals surface area contributed by atoms with Crippen molar-refractivity contribution >= 4 is 5.91 Å². The van der Waals surface area contributed by atoms with Gasteiger partial charge in [-0.05, 0) is 44.2 Å². The lowest BCUT2D eigenvalue weighted by atomic mass is 10.0. The molecule has 2 N–H and O–H groups in total. The SMILES string of the molecule is Cc1ccccc1OCC(=O)NC[C@@](C)(O)C1CC1. The number of benzene rings is 1. The van der Waals surface area contributed by atoms with Gasteiger partial charge < -0.3 is 15.2 Å². The third-order valence-corrected chi connectivity index (χ3v) is 3.55.